The molecule has 1 amide bonds. The molecule has 2 aromatic heterocycles. The number of benzene rings is 1. The number of carbonyl (C=O) groups is 1. The third-order valence-corrected chi connectivity index (χ3v) is 4.97. The van der Waals surface area contributed by atoms with Gasteiger partial charge in [0.2, 0.25) is 5.91 Å². The fourth-order valence-corrected chi connectivity index (χ4v) is 3.54. The van der Waals surface area contributed by atoms with Crippen LogP contribution in [0.1, 0.15) is 11.3 Å². The lowest BCUT2D eigenvalue weighted by Crippen LogP contribution is -2.45. The largest absolute Gasteiger partial charge is 0.394 e. The number of aliphatic hydroxyl groups is 1. The van der Waals surface area contributed by atoms with E-state index in [1.54, 1.807) is 6.20 Å². The molecule has 0 spiro atoms. The van der Waals surface area contributed by atoms with Gasteiger partial charge >= 0.3 is 0 Å². The van der Waals surface area contributed by atoms with Gasteiger partial charge in [0.05, 0.1) is 30.8 Å². The number of para-hydroxylation sites is 1. The number of aromatic nitrogens is 3. The molecule has 3 heterocycles. The summed E-state index contributed by atoms with van der Waals surface area (Å²) in [5.74, 6) is -0.270. The van der Waals surface area contributed by atoms with Gasteiger partial charge in [0.15, 0.2) is 0 Å². The van der Waals surface area contributed by atoms with Gasteiger partial charge in [-0.05, 0) is 24.1 Å². The summed E-state index contributed by atoms with van der Waals surface area (Å²) in [6.07, 6.45) is 4.28. The van der Waals surface area contributed by atoms with Crippen molar-refractivity contribution in [2.75, 3.05) is 13.2 Å². The first-order valence-electron chi connectivity index (χ1n) is 8.92. The van der Waals surface area contributed by atoms with Crippen molar-refractivity contribution >= 4 is 16.8 Å². The van der Waals surface area contributed by atoms with Crippen molar-refractivity contribution in [3.63, 3.8) is 0 Å². The zero-order valence-corrected chi connectivity index (χ0v) is 14.5. The Kier molecular flexibility index (Phi) is 4.73. The van der Waals surface area contributed by atoms with E-state index in [1.807, 2.05) is 41.2 Å². The molecule has 1 aliphatic heterocycles. The summed E-state index contributed by atoms with van der Waals surface area (Å²) < 4.78 is 1.87. The minimum absolute atomic E-state index is 0.0558. The molecule has 1 aromatic carbocycles. The number of nitrogens with zero attached hydrogens (tertiary/aromatic N) is 2. The summed E-state index contributed by atoms with van der Waals surface area (Å²) >= 11 is 0. The number of hydrogen-bond donors (Lipinski definition) is 4. The summed E-state index contributed by atoms with van der Waals surface area (Å²) in [5, 5.41) is 21.5. The van der Waals surface area contributed by atoms with E-state index in [2.05, 4.69) is 20.7 Å². The molecule has 0 saturated carbocycles. The molecule has 136 valence electrons. The molecular formula is C19H23N5O2. The fraction of sp³-hybridized carbons (Fsp3) is 0.368. The van der Waals surface area contributed by atoms with Crippen LogP contribution in [0.4, 0.5) is 0 Å². The lowest BCUT2D eigenvalue weighted by Gasteiger charge is -2.20. The van der Waals surface area contributed by atoms with Crippen LogP contribution >= 0.6 is 0 Å². The van der Waals surface area contributed by atoms with Gasteiger partial charge in [-0.2, -0.15) is 5.10 Å². The Bertz CT molecular complexity index is 900. The van der Waals surface area contributed by atoms with Crippen LogP contribution in [0.5, 0.6) is 0 Å². The van der Waals surface area contributed by atoms with E-state index in [0.717, 1.165) is 22.2 Å². The van der Waals surface area contributed by atoms with Gasteiger partial charge in [0.25, 0.3) is 0 Å². The maximum absolute atomic E-state index is 12.7. The zero-order valence-electron chi connectivity index (χ0n) is 14.5. The Morgan fingerprint density at radius 3 is 3.15 bits per heavy atom. The fourth-order valence-electron chi connectivity index (χ4n) is 3.54. The molecule has 0 fully saturated rings. The molecule has 0 saturated heterocycles. The van der Waals surface area contributed by atoms with Crippen LogP contribution < -0.4 is 10.6 Å². The number of carbonyl (C=O) groups excluding carboxylic acids is 1. The third kappa shape index (κ3) is 3.36. The molecule has 3 aromatic rings. The van der Waals surface area contributed by atoms with Crippen molar-refractivity contribution in [1.29, 1.82) is 0 Å². The Hall–Kier alpha value is -2.64. The van der Waals surface area contributed by atoms with E-state index in [1.165, 1.54) is 0 Å². The second-order valence-electron chi connectivity index (χ2n) is 6.78. The SMILES string of the molecule is O=C(NC(CO)Cc1c[nH]c2ccccc12)C1CNCc2ccnn2C1. The van der Waals surface area contributed by atoms with E-state index < -0.39 is 0 Å². The van der Waals surface area contributed by atoms with Crippen molar-refractivity contribution in [2.24, 2.45) is 5.92 Å². The standard InChI is InChI=1S/C19H23N5O2/c25-12-15(7-13-9-21-18-4-2-1-3-17(13)18)23-19(26)14-8-20-10-16-5-6-22-24(16)11-14/h1-6,9,14-15,20-21,25H,7-8,10-12H2,(H,23,26). The molecule has 4 rings (SSSR count). The van der Waals surface area contributed by atoms with Crippen LogP contribution in [0.3, 0.4) is 0 Å². The predicted octanol–water partition coefficient (Wildman–Crippen LogP) is 0.804. The summed E-state index contributed by atoms with van der Waals surface area (Å²) in [7, 11) is 0. The smallest absolute Gasteiger partial charge is 0.226 e. The van der Waals surface area contributed by atoms with Crippen LogP contribution in [0.15, 0.2) is 42.7 Å². The highest BCUT2D eigenvalue weighted by molar-refractivity contribution is 5.83. The number of hydrogen-bond acceptors (Lipinski definition) is 4. The normalized spacial score (nSPS) is 18.3. The average molecular weight is 353 g/mol. The van der Waals surface area contributed by atoms with Gasteiger partial charge in [-0.15, -0.1) is 0 Å². The summed E-state index contributed by atoms with van der Waals surface area (Å²) in [4.78, 5) is 16.0. The van der Waals surface area contributed by atoms with Gasteiger partial charge < -0.3 is 20.7 Å². The highest BCUT2D eigenvalue weighted by atomic mass is 16.3. The van der Waals surface area contributed by atoms with Crippen LogP contribution in [0, 0.1) is 5.92 Å². The summed E-state index contributed by atoms with van der Waals surface area (Å²) in [5.41, 5.74) is 3.23. The minimum Gasteiger partial charge on any atom is -0.394 e. The van der Waals surface area contributed by atoms with Gasteiger partial charge in [-0.25, -0.2) is 0 Å². The van der Waals surface area contributed by atoms with Crippen molar-refractivity contribution in [1.82, 2.24) is 25.4 Å². The van der Waals surface area contributed by atoms with Gasteiger partial charge in [-0.1, -0.05) is 18.2 Å². The van der Waals surface area contributed by atoms with Crippen LogP contribution in [-0.2, 0) is 24.3 Å². The second kappa shape index (κ2) is 7.31. The zero-order chi connectivity index (χ0) is 17.9. The lowest BCUT2D eigenvalue weighted by molar-refractivity contribution is -0.126. The maximum atomic E-state index is 12.7. The van der Waals surface area contributed by atoms with E-state index in [4.69, 9.17) is 0 Å². The van der Waals surface area contributed by atoms with Crippen molar-refractivity contribution in [2.45, 2.75) is 25.6 Å². The third-order valence-electron chi connectivity index (χ3n) is 4.97. The summed E-state index contributed by atoms with van der Waals surface area (Å²) in [6.45, 7) is 1.76. The number of amides is 1. The Labute approximate surface area is 151 Å². The maximum Gasteiger partial charge on any atom is 0.226 e. The monoisotopic (exact) mass is 353 g/mol. The molecule has 0 aliphatic carbocycles. The molecule has 26 heavy (non-hydrogen) atoms. The van der Waals surface area contributed by atoms with E-state index >= 15 is 0 Å². The quantitative estimate of drug-likeness (QED) is 0.546. The molecule has 1 aliphatic rings. The Morgan fingerprint density at radius 1 is 1.38 bits per heavy atom. The van der Waals surface area contributed by atoms with Crippen molar-refractivity contribution < 1.29 is 9.90 Å². The van der Waals surface area contributed by atoms with Crippen molar-refractivity contribution in [3.05, 3.63) is 54.0 Å². The van der Waals surface area contributed by atoms with Gasteiger partial charge in [0.1, 0.15) is 0 Å². The summed E-state index contributed by atoms with van der Waals surface area (Å²) in [6, 6.07) is 9.68. The van der Waals surface area contributed by atoms with E-state index in [9.17, 15) is 9.90 Å². The molecule has 2 unspecified atom stereocenters. The van der Waals surface area contributed by atoms with Crippen LogP contribution in [-0.4, -0.2) is 45.0 Å². The number of nitrogens with one attached hydrogen (secondary N) is 3. The number of H-pyrrole nitrogens is 1. The Morgan fingerprint density at radius 2 is 2.27 bits per heavy atom. The molecule has 0 bridgehead atoms. The highest BCUT2D eigenvalue weighted by Crippen LogP contribution is 2.19. The number of rotatable bonds is 5. The molecule has 7 nitrogen and oxygen atoms in total. The number of aromatic amines is 1. The first kappa shape index (κ1) is 16.8. The second-order valence-corrected chi connectivity index (χ2v) is 6.78. The molecule has 2 atom stereocenters. The van der Waals surface area contributed by atoms with Gasteiger partial charge in [-0.3, -0.25) is 9.48 Å². The molecule has 7 heteroatoms. The van der Waals surface area contributed by atoms with Gasteiger partial charge in [0, 0.05) is 36.4 Å². The van der Waals surface area contributed by atoms with E-state index in [0.29, 0.717) is 26.1 Å². The highest BCUT2D eigenvalue weighted by Gasteiger charge is 2.25. The Balaban J connectivity index is 1.44. The van der Waals surface area contributed by atoms with Crippen LogP contribution in [0.2, 0.25) is 0 Å². The first-order valence-corrected chi connectivity index (χ1v) is 8.92. The lowest BCUT2D eigenvalue weighted by atomic mass is 10.0. The molecular weight excluding hydrogens is 330 g/mol. The molecule has 4 N–H and O–H groups in total. The van der Waals surface area contributed by atoms with Crippen molar-refractivity contribution in [3.8, 4) is 0 Å². The minimum atomic E-state index is -0.318. The topological polar surface area (TPSA) is 95.0 Å². The predicted molar refractivity (Wildman–Crippen MR) is 98.4 cm³/mol. The molecule has 0 radical (unpaired) electrons. The first-order chi connectivity index (χ1) is 12.7. The number of aliphatic hydroxyl groups excluding tert-OH is 1. The van der Waals surface area contributed by atoms with Crippen LogP contribution in [0.25, 0.3) is 10.9 Å². The number of fused-ring (bicyclic) bond motifs is 2. The average Bonchev–Trinajstić information content (AvgIpc) is 3.22. The van der Waals surface area contributed by atoms with E-state index in [-0.39, 0.29) is 24.5 Å².